The molecule has 1 amide bonds. The van der Waals surface area contributed by atoms with E-state index in [2.05, 4.69) is 0 Å². The quantitative estimate of drug-likeness (QED) is 0.859. The van der Waals surface area contributed by atoms with E-state index < -0.39 is 23.8 Å². The fourth-order valence-electron chi connectivity index (χ4n) is 1.58. The van der Waals surface area contributed by atoms with E-state index in [4.69, 9.17) is 33.7 Å². The summed E-state index contributed by atoms with van der Waals surface area (Å²) in [4.78, 5) is 23.4. The SMILES string of the molecule is NC(=O)[C@@H](OC(=O)c1cc(Cl)sc1Cl)c1ccc(F)cc1. The maximum atomic E-state index is 12.9. The molecule has 1 heterocycles. The molecule has 0 aliphatic carbocycles. The topological polar surface area (TPSA) is 69.4 Å². The highest BCUT2D eigenvalue weighted by atomic mass is 35.5. The number of hydrogen-bond donors (Lipinski definition) is 1. The Hall–Kier alpha value is -1.63. The molecule has 8 heteroatoms. The van der Waals surface area contributed by atoms with Crippen molar-refractivity contribution in [2.45, 2.75) is 6.10 Å². The highest BCUT2D eigenvalue weighted by Crippen LogP contribution is 2.32. The smallest absolute Gasteiger partial charge is 0.341 e. The van der Waals surface area contributed by atoms with Gasteiger partial charge in [-0.1, -0.05) is 35.3 Å². The number of esters is 1. The van der Waals surface area contributed by atoms with E-state index in [-0.39, 0.29) is 15.5 Å². The molecule has 1 aromatic heterocycles. The third-order valence-corrected chi connectivity index (χ3v) is 4.02. The minimum absolute atomic E-state index is 0.0417. The van der Waals surface area contributed by atoms with Crippen molar-refractivity contribution in [2.75, 3.05) is 0 Å². The first-order valence-corrected chi connectivity index (χ1v) is 7.16. The molecule has 0 aliphatic rings. The maximum absolute atomic E-state index is 12.9. The summed E-state index contributed by atoms with van der Waals surface area (Å²) in [6.45, 7) is 0. The molecular weight excluding hydrogens is 340 g/mol. The Bertz CT molecular complexity index is 687. The zero-order chi connectivity index (χ0) is 15.6. The minimum Gasteiger partial charge on any atom is -0.444 e. The first-order chi connectivity index (χ1) is 9.88. The van der Waals surface area contributed by atoms with Crippen LogP contribution in [0.5, 0.6) is 0 Å². The average Bonchev–Trinajstić information content (AvgIpc) is 2.76. The van der Waals surface area contributed by atoms with Crippen LogP contribution in [0.1, 0.15) is 22.0 Å². The van der Waals surface area contributed by atoms with Gasteiger partial charge in [0.05, 0.1) is 9.90 Å². The van der Waals surface area contributed by atoms with Gasteiger partial charge in [0.1, 0.15) is 10.2 Å². The largest absolute Gasteiger partial charge is 0.444 e. The fourth-order valence-corrected chi connectivity index (χ4v) is 3.02. The third kappa shape index (κ3) is 3.72. The van der Waals surface area contributed by atoms with Crippen LogP contribution in [0.15, 0.2) is 30.3 Å². The van der Waals surface area contributed by atoms with Gasteiger partial charge in [-0.2, -0.15) is 0 Å². The average molecular weight is 348 g/mol. The summed E-state index contributed by atoms with van der Waals surface area (Å²) in [5.74, 6) is -2.20. The van der Waals surface area contributed by atoms with Crippen LogP contribution in [-0.2, 0) is 9.53 Å². The van der Waals surface area contributed by atoms with Crippen LogP contribution in [-0.4, -0.2) is 11.9 Å². The van der Waals surface area contributed by atoms with Crippen LogP contribution in [0.2, 0.25) is 8.67 Å². The van der Waals surface area contributed by atoms with Crippen molar-refractivity contribution in [1.82, 2.24) is 0 Å². The highest BCUT2D eigenvalue weighted by Gasteiger charge is 2.25. The van der Waals surface area contributed by atoms with E-state index in [1.807, 2.05) is 0 Å². The lowest BCUT2D eigenvalue weighted by Gasteiger charge is -2.14. The van der Waals surface area contributed by atoms with Gasteiger partial charge in [-0.15, -0.1) is 11.3 Å². The first-order valence-electron chi connectivity index (χ1n) is 5.59. The molecule has 2 N–H and O–H groups in total. The Morgan fingerprint density at radius 3 is 2.33 bits per heavy atom. The summed E-state index contributed by atoms with van der Waals surface area (Å²) in [6.07, 6.45) is -1.34. The summed E-state index contributed by atoms with van der Waals surface area (Å²) in [5.41, 5.74) is 5.51. The molecule has 2 rings (SSSR count). The van der Waals surface area contributed by atoms with Crippen molar-refractivity contribution in [3.63, 3.8) is 0 Å². The summed E-state index contributed by atoms with van der Waals surface area (Å²) in [6, 6.07) is 6.21. The van der Waals surface area contributed by atoms with Crippen molar-refractivity contribution in [2.24, 2.45) is 5.73 Å². The van der Waals surface area contributed by atoms with E-state index >= 15 is 0 Å². The molecule has 1 atom stereocenters. The standard InChI is InChI=1S/C13H8Cl2FNO3S/c14-9-5-8(11(15)21-9)13(19)20-10(12(17)18)6-1-3-7(16)4-2-6/h1-5,10H,(H2,17,18)/t10-/m0/s1. The lowest BCUT2D eigenvalue weighted by Crippen LogP contribution is -2.26. The maximum Gasteiger partial charge on any atom is 0.341 e. The zero-order valence-electron chi connectivity index (χ0n) is 10.3. The van der Waals surface area contributed by atoms with E-state index in [0.717, 1.165) is 23.5 Å². The Labute approximate surface area is 133 Å². The lowest BCUT2D eigenvalue weighted by atomic mass is 10.1. The van der Waals surface area contributed by atoms with Gasteiger partial charge in [0.15, 0.2) is 0 Å². The van der Waals surface area contributed by atoms with Gasteiger partial charge in [0.25, 0.3) is 5.91 Å². The summed E-state index contributed by atoms with van der Waals surface area (Å²) >= 11 is 12.6. The molecule has 0 aliphatic heterocycles. The van der Waals surface area contributed by atoms with Crippen LogP contribution >= 0.6 is 34.5 Å². The molecule has 0 saturated heterocycles. The fraction of sp³-hybridized carbons (Fsp3) is 0.0769. The van der Waals surface area contributed by atoms with Gasteiger partial charge in [-0.25, -0.2) is 9.18 Å². The Morgan fingerprint density at radius 2 is 1.86 bits per heavy atom. The van der Waals surface area contributed by atoms with Crippen LogP contribution < -0.4 is 5.73 Å². The lowest BCUT2D eigenvalue weighted by molar-refractivity contribution is -0.127. The minimum atomic E-state index is -1.34. The number of hydrogen-bond acceptors (Lipinski definition) is 4. The van der Waals surface area contributed by atoms with Crippen LogP contribution in [0, 0.1) is 5.82 Å². The summed E-state index contributed by atoms with van der Waals surface area (Å²) in [5, 5.41) is 0. The van der Waals surface area contributed by atoms with Crippen molar-refractivity contribution >= 4 is 46.4 Å². The third-order valence-electron chi connectivity index (χ3n) is 2.53. The molecule has 4 nitrogen and oxygen atoms in total. The predicted molar refractivity (Wildman–Crippen MR) is 78.1 cm³/mol. The van der Waals surface area contributed by atoms with Crippen molar-refractivity contribution in [3.05, 3.63) is 55.9 Å². The van der Waals surface area contributed by atoms with E-state index in [1.54, 1.807) is 0 Å². The summed E-state index contributed by atoms with van der Waals surface area (Å²) < 4.78 is 18.4. The molecule has 0 fully saturated rings. The second kappa shape index (κ2) is 6.43. The molecule has 0 bridgehead atoms. The molecule has 110 valence electrons. The number of nitrogens with two attached hydrogens (primary N) is 1. The van der Waals surface area contributed by atoms with Gasteiger partial charge >= 0.3 is 5.97 Å². The second-order valence-corrected chi connectivity index (χ2v) is 6.26. The number of carbonyl (C=O) groups is 2. The number of amides is 1. The van der Waals surface area contributed by atoms with E-state index in [9.17, 15) is 14.0 Å². The first kappa shape index (κ1) is 15.8. The van der Waals surface area contributed by atoms with E-state index in [0.29, 0.717) is 4.34 Å². The number of halogens is 3. The number of rotatable bonds is 4. The van der Waals surface area contributed by atoms with Crippen LogP contribution in [0.4, 0.5) is 4.39 Å². The zero-order valence-corrected chi connectivity index (χ0v) is 12.6. The van der Waals surface area contributed by atoms with Gasteiger partial charge in [0, 0.05) is 5.56 Å². The predicted octanol–water partition coefficient (Wildman–Crippen LogP) is 3.58. The van der Waals surface area contributed by atoms with Crippen molar-refractivity contribution in [3.8, 4) is 0 Å². The number of carbonyl (C=O) groups excluding carboxylic acids is 2. The number of benzene rings is 1. The molecule has 0 spiro atoms. The van der Waals surface area contributed by atoms with Gasteiger partial charge < -0.3 is 10.5 Å². The Balaban J connectivity index is 2.24. The molecular formula is C13H8Cl2FNO3S. The Kier molecular flexibility index (Phi) is 4.82. The monoisotopic (exact) mass is 347 g/mol. The molecule has 1 aromatic carbocycles. The molecule has 21 heavy (non-hydrogen) atoms. The van der Waals surface area contributed by atoms with Crippen LogP contribution in [0.25, 0.3) is 0 Å². The van der Waals surface area contributed by atoms with Crippen molar-refractivity contribution < 1.29 is 18.7 Å². The Morgan fingerprint density at radius 1 is 1.24 bits per heavy atom. The number of ether oxygens (including phenoxy) is 1. The van der Waals surface area contributed by atoms with Gasteiger partial charge in [-0.3, -0.25) is 4.79 Å². The molecule has 0 radical (unpaired) electrons. The van der Waals surface area contributed by atoms with E-state index in [1.165, 1.54) is 18.2 Å². The van der Waals surface area contributed by atoms with Gasteiger partial charge in [0.2, 0.25) is 6.10 Å². The molecule has 0 saturated carbocycles. The summed E-state index contributed by atoms with van der Waals surface area (Å²) in [7, 11) is 0. The molecule has 2 aromatic rings. The van der Waals surface area contributed by atoms with Gasteiger partial charge in [-0.05, 0) is 18.2 Å². The molecule has 0 unspecified atom stereocenters. The number of thiophene rings is 1. The second-order valence-electron chi connectivity index (χ2n) is 3.98. The highest BCUT2D eigenvalue weighted by molar-refractivity contribution is 7.20. The van der Waals surface area contributed by atoms with Crippen LogP contribution in [0.3, 0.4) is 0 Å². The van der Waals surface area contributed by atoms with Crippen molar-refractivity contribution in [1.29, 1.82) is 0 Å². The normalized spacial score (nSPS) is 12.0. The number of primary amides is 1.